The van der Waals surface area contributed by atoms with E-state index in [1.54, 1.807) is 7.11 Å². The summed E-state index contributed by atoms with van der Waals surface area (Å²) in [5, 5.41) is 0. The third-order valence-electron chi connectivity index (χ3n) is 3.10. The lowest BCUT2D eigenvalue weighted by atomic mass is 9.99. The van der Waals surface area contributed by atoms with Gasteiger partial charge in [-0.05, 0) is 38.2 Å². The summed E-state index contributed by atoms with van der Waals surface area (Å²) in [6, 6.07) is 5.66. The van der Waals surface area contributed by atoms with Crippen LogP contribution in [0.1, 0.15) is 20.3 Å². The Bertz CT molecular complexity index is 685. The second kappa shape index (κ2) is 4.70. The minimum atomic E-state index is -0.476. The van der Waals surface area contributed by atoms with Crippen molar-refractivity contribution in [3.63, 3.8) is 0 Å². The molecule has 3 N–H and O–H groups in total. The molecule has 0 bridgehead atoms. The third kappa shape index (κ3) is 2.49. The fraction of sp³-hybridized carbons (Fsp3) is 0.385. The normalized spacial score (nSPS) is 11.7. The van der Waals surface area contributed by atoms with Crippen LogP contribution in [0.25, 0.3) is 11.0 Å². The summed E-state index contributed by atoms with van der Waals surface area (Å²) in [6.07, 6.45) is 0.223. The third-order valence-corrected chi connectivity index (χ3v) is 3.39. The second-order valence-corrected chi connectivity index (χ2v) is 5.49. The van der Waals surface area contributed by atoms with Crippen LogP contribution in [-0.4, -0.2) is 22.6 Å². The number of fused-ring (bicyclic) bond motifs is 1. The number of aromatic nitrogens is 2. The molecular weight excluding hydrogens is 262 g/mol. The predicted octanol–water partition coefficient (Wildman–Crippen LogP) is 2.32. The molecule has 102 valence electrons. The standard InChI is InChI=1S/C13H17N3O2S/c1-13(2,7-11(14)17)16-10-5-4-8(18-3)6-9(10)15-12(16)19/h4-6H,7H2,1-3H3,(H2,14,17)(H,15,19). The van der Waals surface area contributed by atoms with Crippen LogP contribution < -0.4 is 10.5 Å². The van der Waals surface area contributed by atoms with Crippen LogP contribution in [0.2, 0.25) is 0 Å². The van der Waals surface area contributed by atoms with Gasteiger partial charge in [-0.25, -0.2) is 0 Å². The van der Waals surface area contributed by atoms with Gasteiger partial charge in [-0.3, -0.25) is 4.79 Å². The van der Waals surface area contributed by atoms with Crippen molar-refractivity contribution in [3.05, 3.63) is 23.0 Å². The number of rotatable bonds is 4. The van der Waals surface area contributed by atoms with Crippen LogP contribution in [0, 0.1) is 4.77 Å². The van der Waals surface area contributed by atoms with Crippen molar-refractivity contribution in [2.45, 2.75) is 25.8 Å². The van der Waals surface area contributed by atoms with Crippen LogP contribution in [-0.2, 0) is 10.3 Å². The van der Waals surface area contributed by atoms with Crippen molar-refractivity contribution < 1.29 is 9.53 Å². The van der Waals surface area contributed by atoms with E-state index < -0.39 is 5.54 Å². The quantitative estimate of drug-likeness (QED) is 0.844. The van der Waals surface area contributed by atoms with Gasteiger partial charge in [-0.15, -0.1) is 0 Å². The Labute approximate surface area is 116 Å². The number of nitrogens with one attached hydrogen (secondary N) is 1. The molecule has 0 aliphatic rings. The summed E-state index contributed by atoms with van der Waals surface area (Å²) in [5.41, 5.74) is 6.64. The highest BCUT2D eigenvalue weighted by Crippen LogP contribution is 2.28. The average Bonchev–Trinajstić information content (AvgIpc) is 2.62. The number of benzene rings is 1. The minimum Gasteiger partial charge on any atom is -0.497 e. The lowest BCUT2D eigenvalue weighted by molar-refractivity contribution is -0.119. The van der Waals surface area contributed by atoms with E-state index in [-0.39, 0.29) is 12.3 Å². The molecule has 1 aromatic carbocycles. The van der Waals surface area contributed by atoms with Crippen molar-refractivity contribution >= 4 is 29.2 Å². The van der Waals surface area contributed by atoms with E-state index in [2.05, 4.69) is 4.98 Å². The van der Waals surface area contributed by atoms with Crippen molar-refractivity contribution in [3.8, 4) is 5.75 Å². The number of aromatic amines is 1. The second-order valence-electron chi connectivity index (χ2n) is 5.10. The number of methoxy groups -OCH3 is 1. The van der Waals surface area contributed by atoms with E-state index in [1.165, 1.54) is 0 Å². The highest BCUT2D eigenvalue weighted by atomic mass is 32.1. The molecule has 0 radical (unpaired) electrons. The molecule has 0 saturated carbocycles. The molecule has 0 atom stereocenters. The van der Waals surface area contributed by atoms with Gasteiger partial charge in [0.2, 0.25) is 5.91 Å². The van der Waals surface area contributed by atoms with Gasteiger partial charge in [0.05, 0.1) is 23.7 Å². The van der Waals surface area contributed by atoms with E-state index in [9.17, 15) is 4.79 Å². The molecule has 2 rings (SSSR count). The maximum absolute atomic E-state index is 11.2. The summed E-state index contributed by atoms with van der Waals surface area (Å²) in [4.78, 5) is 14.3. The zero-order valence-electron chi connectivity index (χ0n) is 11.2. The average molecular weight is 279 g/mol. The zero-order chi connectivity index (χ0) is 14.2. The fourth-order valence-electron chi connectivity index (χ4n) is 2.32. The fourth-order valence-corrected chi connectivity index (χ4v) is 2.78. The zero-order valence-corrected chi connectivity index (χ0v) is 12.0. The number of amides is 1. The molecule has 1 amide bonds. The molecular formula is C13H17N3O2S. The minimum absolute atomic E-state index is 0.223. The lowest BCUT2D eigenvalue weighted by Gasteiger charge is -2.26. The number of hydrogen-bond donors (Lipinski definition) is 2. The number of imidazole rings is 1. The summed E-state index contributed by atoms with van der Waals surface area (Å²) in [7, 11) is 1.61. The van der Waals surface area contributed by atoms with Crippen LogP contribution >= 0.6 is 12.2 Å². The highest BCUT2D eigenvalue weighted by Gasteiger charge is 2.25. The van der Waals surface area contributed by atoms with Crippen LogP contribution in [0.15, 0.2) is 18.2 Å². The first kappa shape index (κ1) is 13.6. The maximum atomic E-state index is 11.2. The monoisotopic (exact) mass is 279 g/mol. The van der Waals surface area contributed by atoms with Crippen molar-refractivity contribution in [1.82, 2.24) is 9.55 Å². The molecule has 0 aliphatic heterocycles. The number of carbonyl (C=O) groups excluding carboxylic acids is 1. The van der Waals surface area contributed by atoms with Gasteiger partial charge < -0.3 is 20.0 Å². The number of nitrogens with zero attached hydrogens (tertiary/aromatic N) is 1. The number of primary amides is 1. The molecule has 6 heteroatoms. The molecule has 19 heavy (non-hydrogen) atoms. The molecule has 0 aliphatic carbocycles. The Morgan fingerprint density at radius 1 is 1.53 bits per heavy atom. The van der Waals surface area contributed by atoms with E-state index >= 15 is 0 Å². The number of nitrogens with two attached hydrogens (primary N) is 1. The number of hydrogen-bond acceptors (Lipinski definition) is 3. The Kier molecular flexibility index (Phi) is 3.36. The van der Waals surface area contributed by atoms with Crippen molar-refractivity contribution in [2.75, 3.05) is 7.11 Å². The smallest absolute Gasteiger partial charge is 0.219 e. The largest absolute Gasteiger partial charge is 0.497 e. The van der Waals surface area contributed by atoms with Gasteiger partial charge in [-0.1, -0.05) is 0 Å². The first-order chi connectivity index (χ1) is 8.85. The van der Waals surface area contributed by atoms with E-state index in [0.29, 0.717) is 4.77 Å². The molecule has 2 aromatic rings. The van der Waals surface area contributed by atoms with Crippen LogP contribution in [0.5, 0.6) is 5.75 Å². The SMILES string of the molecule is COc1ccc2c(c1)[nH]c(=S)n2C(C)(C)CC(N)=O. The first-order valence-corrected chi connectivity index (χ1v) is 6.33. The Hall–Kier alpha value is -1.82. The van der Waals surface area contributed by atoms with Gasteiger partial charge in [0.25, 0.3) is 0 Å². The lowest BCUT2D eigenvalue weighted by Crippen LogP contribution is -2.32. The Balaban J connectivity index is 2.64. The van der Waals surface area contributed by atoms with Gasteiger partial charge in [0, 0.05) is 12.5 Å². The summed E-state index contributed by atoms with van der Waals surface area (Å²) >= 11 is 5.35. The van der Waals surface area contributed by atoms with Crippen molar-refractivity contribution in [2.24, 2.45) is 5.73 Å². The van der Waals surface area contributed by atoms with Crippen molar-refractivity contribution in [1.29, 1.82) is 0 Å². The molecule has 1 aromatic heterocycles. The van der Waals surface area contributed by atoms with Crippen LogP contribution in [0.3, 0.4) is 0 Å². The van der Waals surface area contributed by atoms with Gasteiger partial charge >= 0.3 is 0 Å². The summed E-state index contributed by atoms with van der Waals surface area (Å²) in [6.45, 7) is 3.87. The molecule has 5 nitrogen and oxygen atoms in total. The molecule has 0 unspecified atom stereocenters. The topological polar surface area (TPSA) is 73.0 Å². The van der Waals surface area contributed by atoms with Gasteiger partial charge in [0.1, 0.15) is 5.75 Å². The predicted molar refractivity (Wildman–Crippen MR) is 76.8 cm³/mol. The molecule has 0 fully saturated rings. The molecule has 0 spiro atoms. The Morgan fingerprint density at radius 3 is 2.79 bits per heavy atom. The Morgan fingerprint density at radius 2 is 2.21 bits per heavy atom. The molecule has 0 saturated heterocycles. The maximum Gasteiger partial charge on any atom is 0.219 e. The highest BCUT2D eigenvalue weighted by molar-refractivity contribution is 7.71. The van der Waals surface area contributed by atoms with E-state index in [1.807, 2.05) is 36.6 Å². The van der Waals surface area contributed by atoms with Gasteiger partial charge in [0.15, 0.2) is 4.77 Å². The summed E-state index contributed by atoms with van der Waals surface area (Å²) < 4.78 is 7.67. The van der Waals surface area contributed by atoms with Gasteiger partial charge in [-0.2, -0.15) is 0 Å². The van der Waals surface area contributed by atoms with Crippen LogP contribution in [0.4, 0.5) is 0 Å². The number of carbonyl (C=O) groups is 1. The summed E-state index contributed by atoms with van der Waals surface area (Å²) in [5.74, 6) is 0.401. The van der Waals surface area contributed by atoms with E-state index in [4.69, 9.17) is 22.7 Å². The molecule has 1 heterocycles. The first-order valence-electron chi connectivity index (χ1n) is 5.93. The number of H-pyrrole nitrogens is 1. The number of ether oxygens (including phenoxy) is 1. The van der Waals surface area contributed by atoms with E-state index in [0.717, 1.165) is 16.8 Å².